The van der Waals surface area contributed by atoms with Crippen LogP contribution in [0.3, 0.4) is 0 Å². The smallest absolute Gasteiger partial charge is 0.258 e. The third-order valence-corrected chi connectivity index (χ3v) is 4.10. The van der Waals surface area contributed by atoms with Gasteiger partial charge in [0.05, 0.1) is 11.6 Å². The van der Waals surface area contributed by atoms with Crippen molar-refractivity contribution in [1.29, 1.82) is 0 Å². The van der Waals surface area contributed by atoms with Crippen molar-refractivity contribution in [2.75, 3.05) is 26.7 Å². The predicted octanol–water partition coefficient (Wildman–Crippen LogP) is 2.28. The second kappa shape index (κ2) is 6.62. The first-order chi connectivity index (χ1) is 10.8. The molecule has 3 aromatic rings. The third kappa shape index (κ3) is 3.06. The first-order valence-electron chi connectivity index (χ1n) is 7.41. The van der Waals surface area contributed by atoms with Gasteiger partial charge in [0.25, 0.3) is 5.89 Å². The van der Waals surface area contributed by atoms with Crippen LogP contribution in [0.15, 0.2) is 41.1 Å². The van der Waals surface area contributed by atoms with Crippen LogP contribution in [0.2, 0.25) is 0 Å². The van der Waals surface area contributed by atoms with E-state index in [-0.39, 0.29) is 18.4 Å². The van der Waals surface area contributed by atoms with Crippen LogP contribution in [-0.2, 0) is 0 Å². The summed E-state index contributed by atoms with van der Waals surface area (Å²) in [5.41, 5.74) is 1.88. The maximum atomic E-state index is 5.47. The maximum absolute atomic E-state index is 5.47. The van der Waals surface area contributed by atoms with E-state index in [0.717, 1.165) is 41.9 Å². The van der Waals surface area contributed by atoms with Gasteiger partial charge in [-0.1, -0.05) is 11.2 Å². The van der Waals surface area contributed by atoms with Crippen LogP contribution in [0.4, 0.5) is 0 Å². The van der Waals surface area contributed by atoms with E-state index in [0.29, 0.717) is 5.89 Å². The number of nitrogens with one attached hydrogen (secondary N) is 1. The first kappa shape index (κ1) is 15.9. The number of likely N-dealkylation sites (N-methyl/N-ethyl adjacent to an activating group) is 1. The standard InChI is InChI=1S/C16H17N5O.ClH/c1-21-8-7-17-10-14(21)15-19-16(22-20-15)12-4-5-13-11(9-12)3-2-6-18-13;/h2-6,9,14,17H,7-8,10H2,1H3;1H. The van der Waals surface area contributed by atoms with Crippen molar-refractivity contribution in [1.82, 2.24) is 25.3 Å². The van der Waals surface area contributed by atoms with Crippen LogP contribution < -0.4 is 5.32 Å². The Labute approximate surface area is 140 Å². The molecule has 1 N–H and O–H groups in total. The Bertz CT molecular complexity index is 806. The van der Waals surface area contributed by atoms with Gasteiger partial charge in [0.2, 0.25) is 0 Å². The quantitative estimate of drug-likeness (QED) is 0.777. The molecular formula is C16H18ClN5O. The highest BCUT2D eigenvalue weighted by atomic mass is 35.5. The second-order valence-electron chi connectivity index (χ2n) is 5.57. The zero-order valence-corrected chi connectivity index (χ0v) is 13.6. The van der Waals surface area contributed by atoms with Crippen LogP contribution in [0.25, 0.3) is 22.4 Å². The van der Waals surface area contributed by atoms with Crippen LogP contribution in [0.5, 0.6) is 0 Å². The minimum absolute atomic E-state index is 0. The Morgan fingerprint density at radius 2 is 2.22 bits per heavy atom. The molecule has 0 amide bonds. The lowest BCUT2D eigenvalue weighted by atomic mass is 10.1. The number of hydrogen-bond acceptors (Lipinski definition) is 6. The summed E-state index contributed by atoms with van der Waals surface area (Å²) in [5, 5.41) is 8.59. The molecule has 23 heavy (non-hydrogen) atoms. The van der Waals surface area contributed by atoms with Crippen LogP contribution in [0.1, 0.15) is 11.9 Å². The van der Waals surface area contributed by atoms with Gasteiger partial charge in [-0.3, -0.25) is 9.88 Å². The number of fused-ring (bicyclic) bond motifs is 1. The summed E-state index contributed by atoms with van der Waals surface area (Å²) in [6.07, 6.45) is 1.79. The van der Waals surface area contributed by atoms with E-state index in [2.05, 4.69) is 32.4 Å². The SMILES string of the molecule is CN1CCNCC1c1noc(-c2ccc3ncccc3c2)n1.Cl. The van der Waals surface area contributed by atoms with Crippen molar-refractivity contribution in [3.8, 4) is 11.5 Å². The van der Waals surface area contributed by atoms with Crippen molar-refractivity contribution in [2.45, 2.75) is 6.04 Å². The molecule has 120 valence electrons. The fraction of sp³-hybridized carbons (Fsp3) is 0.312. The van der Waals surface area contributed by atoms with Crippen LogP contribution >= 0.6 is 12.4 Å². The van der Waals surface area contributed by atoms with Gasteiger partial charge in [0.1, 0.15) is 0 Å². The van der Waals surface area contributed by atoms with Crippen molar-refractivity contribution in [3.05, 3.63) is 42.4 Å². The summed E-state index contributed by atoms with van der Waals surface area (Å²) in [6, 6.07) is 10.1. The highest BCUT2D eigenvalue weighted by molar-refractivity contribution is 5.85. The van der Waals surface area contributed by atoms with E-state index < -0.39 is 0 Å². The van der Waals surface area contributed by atoms with E-state index >= 15 is 0 Å². The van der Waals surface area contributed by atoms with Crippen LogP contribution in [-0.4, -0.2) is 46.7 Å². The number of pyridine rings is 1. The molecule has 6 nitrogen and oxygen atoms in total. The zero-order valence-electron chi connectivity index (χ0n) is 12.8. The Morgan fingerprint density at radius 3 is 3.09 bits per heavy atom. The molecule has 3 heterocycles. The zero-order chi connectivity index (χ0) is 14.9. The lowest BCUT2D eigenvalue weighted by molar-refractivity contribution is 0.190. The number of aromatic nitrogens is 3. The minimum atomic E-state index is 0. The molecule has 4 rings (SSSR count). The minimum Gasteiger partial charge on any atom is -0.334 e. The number of halogens is 1. The number of hydrogen-bond donors (Lipinski definition) is 1. The van der Waals surface area contributed by atoms with Crippen molar-refractivity contribution >= 4 is 23.3 Å². The molecule has 1 aliphatic heterocycles. The molecule has 7 heteroatoms. The Kier molecular flexibility index (Phi) is 4.56. The highest BCUT2D eigenvalue weighted by Gasteiger charge is 2.25. The number of piperazine rings is 1. The fourth-order valence-corrected chi connectivity index (χ4v) is 2.79. The van der Waals surface area contributed by atoms with E-state index in [4.69, 9.17) is 4.52 Å². The summed E-state index contributed by atoms with van der Waals surface area (Å²) in [7, 11) is 2.09. The number of benzene rings is 1. The van der Waals surface area contributed by atoms with Gasteiger partial charge in [0, 0.05) is 36.8 Å². The maximum Gasteiger partial charge on any atom is 0.258 e. The number of rotatable bonds is 2. The van der Waals surface area contributed by atoms with E-state index in [9.17, 15) is 0 Å². The van der Waals surface area contributed by atoms with Gasteiger partial charge in [-0.2, -0.15) is 4.98 Å². The third-order valence-electron chi connectivity index (χ3n) is 4.10. The predicted molar refractivity (Wildman–Crippen MR) is 90.5 cm³/mol. The van der Waals surface area contributed by atoms with E-state index in [1.54, 1.807) is 6.20 Å². The van der Waals surface area contributed by atoms with Gasteiger partial charge < -0.3 is 9.84 Å². The number of nitrogens with zero attached hydrogens (tertiary/aromatic N) is 4. The van der Waals surface area contributed by atoms with E-state index in [1.807, 2.05) is 30.3 Å². The first-order valence-corrected chi connectivity index (χ1v) is 7.41. The van der Waals surface area contributed by atoms with Crippen molar-refractivity contribution in [2.24, 2.45) is 0 Å². The molecule has 1 aliphatic rings. The fourth-order valence-electron chi connectivity index (χ4n) is 2.79. The average molecular weight is 332 g/mol. The molecule has 0 radical (unpaired) electrons. The summed E-state index contributed by atoms with van der Waals surface area (Å²) in [6.45, 7) is 2.82. The van der Waals surface area contributed by atoms with Gasteiger partial charge >= 0.3 is 0 Å². The molecule has 1 aromatic carbocycles. The summed E-state index contributed by atoms with van der Waals surface area (Å²) >= 11 is 0. The molecule has 1 unspecified atom stereocenters. The molecule has 1 saturated heterocycles. The van der Waals surface area contributed by atoms with Crippen molar-refractivity contribution in [3.63, 3.8) is 0 Å². The van der Waals surface area contributed by atoms with Gasteiger partial charge in [-0.15, -0.1) is 12.4 Å². The molecule has 0 bridgehead atoms. The van der Waals surface area contributed by atoms with Crippen molar-refractivity contribution < 1.29 is 4.52 Å². The van der Waals surface area contributed by atoms with Gasteiger partial charge in [-0.05, 0) is 31.3 Å². The molecule has 0 saturated carbocycles. The van der Waals surface area contributed by atoms with Crippen LogP contribution in [0, 0.1) is 0 Å². The normalized spacial score (nSPS) is 18.7. The monoisotopic (exact) mass is 331 g/mol. The Morgan fingerprint density at radius 1 is 1.30 bits per heavy atom. The largest absolute Gasteiger partial charge is 0.334 e. The Balaban J connectivity index is 0.00000156. The second-order valence-corrected chi connectivity index (χ2v) is 5.57. The van der Waals surface area contributed by atoms with Gasteiger partial charge in [-0.25, -0.2) is 0 Å². The molecule has 2 aromatic heterocycles. The topological polar surface area (TPSA) is 67.1 Å². The lowest BCUT2D eigenvalue weighted by Gasteiger charge is -2.30. The summed E-state index contributed by atoms with van der Waals surface area (Å²) in [5.74, 6) is 1.29. The molecule has 0 spiro atoms. The molecule has 0 aliphatic carbocycles. The summed E-state index contributed by atoms with van der Waals surface area (Å²) in [4.78, 5) is 11.2. The molecule has 1 fully saturated rings. The molecular weight excluding hydrogens is 314 g/mol. The molecule has 1 atom stereocenters. The summed E-state index contributed by atoms with van der Waals surface area (Å²) < 4.78 is 5.47. The average Bonchev–Trinajstić information content (AvgIpc) is 3.04. The lowest BCUT2D eigenvalue weighted by Crippen LogP contribution is -2.44. The Hall–Kier alpha value is -2.02. The highest BCUT2D eigenvalue weighted by Crippen LogP contribution is 2.25. The van der Waals surface area contributed by atoms with E-state index in [1.165, 1.54) is 0 Å². The van der Waals surface area contributed by atoms with Gasteiger partial charge in [0.15, 0.2) is 5.82 Å².